The summed E-state index contributed by atoms with van der Waals surface area (Å²) in [6, 6.07) is 0. The number of carbonyl (C=O) groups is 1. The summed E-state index contributed by atoms with van der Waals surface area (Å²) in [5.41, 5.74) is 0.588. The highest BCUT2D eigenvalue weighted by atomic mass is 16.2. The fourth-order valence-corrected chi connectivity index (χ4v) is 3.92. The van der Waals surface area contributed by atoms with Crippen LogP contribution in [0.1, 0.15) is 66.1 Å². The van der Waals surface area contributed by atoms with E-state index < -0.39 is 0 Å². The van der Waals surface area contributed by atoms with Crippen LogP contribution < -0.4 is 5.43 Å². The van der Waals surface area contributed by atoms with Crippen LogP contribution >= 0.6 is 0 Å². The normalized spacial score (nSPS) is 23.0. The van der Waals surface area contributed by atoms with Crippen molar-refractivity contribution in [3.63, 3.8) is 0 Å². The lowest BCUT2D eigenvalue weighted by atomic mass is 9.91. The van der Waals surface area contributed by atoms with Crippen molar-refractivity contribution in [1.29, 1.82) is 0 Å². The van der Waals surface area contributed by atoms with Gasteiger partial charge < -0.3 is 9.88 Å². The molecule has 2 atom stereocenters. The van der Waals surface area contributed by atoms with Gasteiger partial charge in [-0.2, -0.15) is 5.10 Å². The number of aromatic amines is 2. The summed E-state index contributed by atoms with van der Waals surface area (Å²) in [6.45, 7) is 7.12. The number of amides is 1. The van der Waals surface area contributed by atoms with Crippen LogP contribution in [0.4, 0.5) is 0 Å². The Morgan fingerprint density at radius 2 is 2.04 bits per heavy atom. The van der Waals surface area contributed by atoms with E-state index in [0.717, 1.165) is 11.6 Å². The molecule has 26 heavy (non-hydrogen) atoms. The maximum Gasteiger partial charge on any atom is 0.259 e. The Labute approximate surface area is 152 Å². The minimum absolute atomic E-state index is 0.162. The van der Waals surface area contributed by atoms with Crippen LogP contribution in [0.3, 0.4) is 0 Å². The number of aryl methyl sites for hydroxylation is 1. The minimum Gasteiger partial charge on any atom is -0.366 e. The van der Waals surface area contributed by atoms with E-state index in [1.165, 1.54) is 19.0 Å². The average molecular weight is 355 g/mol. The maximum absolute atomic E-state index is 13.0. The van der Waals surface area contributed by atoms with Gasteiger partial charge in [0.05, 0.1) is 0 Å². The van der Waals surface area contributed by atoms with Crippen molar-refractivity contribution in [3.8, 4) is 0 Å². The van der Waals surface area contributed by atoms with Crippen molar-refractivity contribution in [2.24, 2.45) is 11.8 Å². The number of pyridine rings is 1. The fourth-order valence-electron chi connectivity index (χ4n) is 3.92. The van der Waals surface area contributed by atoms with E-state index in [0.29, 0.717) is 30.5 Å². The molecule has 1 saturated carbocycles. The van der Waals surface area contributed by atoms with Crippen molar-refractivity contribution in [2.45, 2.75) is 45.4 Å². The van der Waals surface area contributed by atoms with Crippen molar-refractivity contribution >= 4 is 5.91 Å². The molecule has 0 spiro atoms. The molecule has 1 aliphatic carbocycles. The predicted molar refractivity (Wildman–Crippen MR) is 97.1 cm³/mol. The first-order valence-corrected chi connectivity index (χ1v) is 9.35. The Morgan fingerprint density at radius 1 is 1.27 bits per heavy atom. The monoisotopic (exact) mass is 355 g/mol. The molecule has 3 heterocycles. The Balaban J connectivity index is 1.60. The third-order valence-corrected chi connectivity index (χ3v) is 5.63. The highest BCUT2D eigenvalue weighted by Gasteiger charge is 2.46. The second-order valence-electron chi connectivity index (χ2n) is 7.93. The summed E-state index contributed by atoms with van der Waals surface area (Å²) in [4.78, 5) is 34.7. The third-order valence-electron chi connectivity index (χ3n) is 5.63. The summed E-state index contributed by atoms with van der Waals surface area (Å²) in [5, 5.41) is 7.43. The van der Waals surface area contributed by atoms with E-state index in [9.17, 15) is 9.59 Å². The van der Waals surface area contributed by atoms with Crippen molar-refractivity contribution in [1.82, 2.24) is 25.1 Å². The standard InChI is InChI=1S/C19H25N5O2/c1-10(2)17-21-18(23-22-17)15-9-24(8-14(15)12-4-5-12)19(26)13-7-20-6-11(3)16(13)25/h6-7,10,12,14-15H,4-5,8-9H2,1-3H3,(H,20,25)(H,21,22,23)/t14-,15+/m1/s1. The van der Waals surface area contributed by atoms with Crippen LogP contribution in [0, 0.1) is 18.8 Å². The average Bonchev–Trinajstić information content (AvgIpc) is 3.17. The quantitative estimate of drug-likeness (QED) is 0.879. The van der Waals surface area contributed by atoms with Gasteiger partial charge in [-0.3, -0.25) is 14.7 Å². The highest BCUT2D eigenvalue weighted by molar-refractivity contribution is 5.94. The lowest BCUT2D eigenvalue weighted by Gasteiger charge is -2.16. The molecule has 2 aromatic rings. The number of likely N-dealkylation sites (tertiary alicyclic amines) is 1. The Morgan fingerprint density at radius 3 is 2.69 bits per heavy atom. The van der Waals surface area contributed by atoms with Gasteiger partial charge in [0, 0.05) is 42.9 Å². The molecule has 2 N–H and O–H groups in total. The van der Waals surface area contributed by atoms with E-state index in [2.05, 4.69) is 34.0 Å². The molecule has 0 radical (unpaired) electrons. The molecule has 138 valence electrons. The van der Waals surface area contributed by atoms with Crippen LogP contribution in [-0.4, -0.2) is 44.1 Å². The molecule has 1 amide bonds. The first kappa shape index (κ1) is 17.0. The number of H-pyrrole nitrogens is 2. The van der Waals surface area contributed by atoms with Crippen LogP contribution in [-0.2, 0) is 0 Å². The predicted octanol–water partition coefficient (Wildman–Crippen LogP) is 2.19. The number of nitrogens with one attached hydrogen (secondary N) is 2. The SMILES string of the molecule is Cc1c[nH]cc(C(=O)N2C[C@H](c3nc(C(C)C)n[nH]3)[C@@H](C3CC3)C2)c1=O. The molecule has 1 aliphatic heterocycles. The van der Waals surface area contributed by atoms with Gasteiger partial charge in [0.15, 0.2) is 11.3 Å². The van der Waals surface area contributed by atoms with Crippen LogP contribution in [0.2, 0.25) is 0 Å². The number of carbonyl (C=O) groups excluding carboxylic acids is 1. The van der Waals surface area contributed by atoms with Gasteiger partial charge in [-0.05, 0) is 31.6 Å². The summed E-state index contributed by atoms with van der Waals surface area (Å²) in [6.07, 6.45) is 5.56. The van der Waals surface area contributed by atoms with Gasteiger partial charge in [0.25, 0.3) is 5.91 Å². The van der Waals surface area contributed by atoms with Gasteiger partial charge >= 0.3 is 0 Å². The zero-order valence-corrected chi connectivity index (χ0v) is 15.5. The lowest BCUT2D eigenvalue weighted by molar-refractivity contribution is 0.0783. The summed E-state index contributed by atoms with van der Waals surface area (Å²) in [7, 11) is 0. The number of aromatic nitrogens is 4. The molecule has 4 rings (SSSR count). The number of rotatable bonds is 4. The number of nitrogens with zero attached hydrogens (tertiary/aromatic N) is 3. The molecule has 7 nitrogen and oxygen atoms in total. The molecule has 0 unspecified atom stereocenters. The molecule has 2 fully saturated rings. The topological polar surface area (TPSA) is 94.7 Å². The molecule has 1 saturated heterocycles. The second-order valence-corrected chi connectivity index (χ2v) is 7.93. The lowest BCUT2D eigenvalue weighted by Crippen LogP contribution is -2.33. The maximum atomic E-state index is 13.0. The van der Waals surface area contributed by atoms with Gasteiger partial charge in [0.2, 0.25) is 0 Å². The van der Waals surface area contributed by atoms with Crippen LogP contribution in [0.25, 0.3) is 0 Å². The zero-order valence-electron chi connectivity index (χ0n) is 15.5. The second kappa shape index (κ2) is 6.37. The molecule has 0 aromatic carbocycles. The first-order valence-electron chi connectivity index (χ1n) is 9.35. The van der Waals surface area contributed by atoms with Crippen molar-refractivity contribution in [2.75, 3.05) is 13.1 Å². The van der Waals surface area contributed by atoms with Crippen molar-refractivity contribution in [3.05, 3.63) is 45.4 Å². The van der Waals surface area contributed by atoms with E-state index in [4.69, 9.17) is 0 Å². The smallest absolute Gasteiger partial charge is 0.259 e. The van der Waals surface area contributed by atoms with Gasteiger partial charge in [-0.25, -0.2) is 4.98 Å². The minimum atomic E-state index is -0.193. The Bertz CT molecular complexity index is 880. The zero-order chi connectivity index (χ0) is 18.4. The van der Waals surface area contributed by atoms with E-state index in [1.54, 1.807) is 13.1 Å². The molecular formula is C19H25N5O2. The largest absolute Gasteiger partial charge is 0.366 e. The number of hydrogen-bond donors (Lipinski definition) is 2. The van der Waals surface area contributed by atoms with Crippen molar-refractivity contribution < 1.29 is 4.79 Å². The Kier molecular flexibility index (Phi) is 4.17. The summed E-state index contributed by atoms with van der Waals surface area (Å²) < 4.78 is 0. The van der Waals surface area contributed by atoms with E-state index in [-0.39, 0.29) is 28.7 Å². The highest BCUT2D eigenvalue weighted by Crippen LogP contribution is 2.47. The van der Waals surface area contributed by atoms with Gasteiger partial charge in [-0.15, -0.1) is 0 Å². The van der Waals surface area contributed by atoms with Crippen LogP contribution in [0.15, 0.2) is 17.2 Å². The van der Waals surface area contributed by atoms with Crippen LogP contribution in [0.5, 0.6) is 0 Å². The molecule has 7 heteroatoms. The third kappa shape index (κ3) is 2.95. The van der Waals surface area contributed by atoms with Gasteiger partial charge in [0.1, 0.15) is 11.4 Å². The van der Waals surface area contributed by atoms with E-state index in [1.807, 2.05) is 4.90 Å². The first-order chi connectivity index (χ1) is 12.5. The summed E-state index contributed by atoms with van der Waals surface area (Å²) >= 11 is 0. The molecular weight excluding hydrogens is 330 g/mol. The molecule has 2 aromatic heterocycles. The van der Waals surface area contributed by atoms with Gasteiger partial charge in [-0.1, -0.05) is 13.8 Å². The summed E-state index contributed by atoms with van der Waals surface area (Å²) in [5.74, 6) is 2.96. The Hall–Kier alpha value is -2.44. The van der Waals surface area contributed by atoms with E-state index >= 15 is 0 Å². The fraction of sp³-hybridized carbons (Fsp3) is 0.579. The molecule has 0 bridgehead atoms. The number of hydrogen-bond acceptors (Lipinski definition) is 4. The molecule has 2 aliphatic rings.